The fraction of sp³-hybridized carbons (Fsp3) is 0.211. The van der Waals surface area contributed by atoms with Crippen LogP contribution in [0.15, 0.2) is 108 Å². The van der Waals surface area contributed by atoms with Crippen molar-refractivity contribution in [2.45, 2.75) is 26.5 Å². The Hall–Kier alpha value is -4.93. The summed E-state index contributed by atoms with van der Waals surface area (Å²) in [5, 5.41) is 10.0. The van der Waals surface area contributed by atoms with Gasteiger partial charge in [0.25, 0.3) is 0 Å². The fourth-order valence-corrected chi connectivity index (χ4v) is 6.65. The van der Waals surface area contributed by atoms with Crippen LogP contribution < -0.4 is 14.5 Å². The summed E-state index contributed by atoms with van der Waals surface area (Å²) in [5.74, 6) is 1.63. The number of furan rings is 1. The monoisotopic (exact) mass is 698 g/mol. The van der Waals surface area contributed by atoms with Gasteiger partial charge in [0.2, 0.25) is 0 Å². The lowest BCUT2D eigenvalue weighted by atomic mass is 10.1. The van der Waals surface area contributed by atoms with Crippen LogP contribution in [0.5, 0.6) is 5.75 Å². The minimum atomic E-state index is -3.15. The molecule has 0 bridgehead atoms. The van der Waals surface area contributed by atoms with Crippen molar-refractivity contribution in [1.82, 2.24) is 10.2 Å². The molecule has 0 aliphatic rings. The molecule has 0 radical (unpaired) electrons. The third-order valence-corrected chi connectivity index (χ3v) is 9.65. The molecule has 0 atom stereocenters. The van der Waals surface area contributed by atoms with Crippen molar-refractivity contribution in [3.8, 4) is 17.1 Å². The lowest BCUT2D eigenvalue weighted by Crippen LogP contribution is -2.28. The Morgan fingerprint density at radius 3 is 2.51 bits per heavy atom. The molecule has 0 saturated carbocycles. The lowest BCUT2D eigenvalue weighted by molar-refractivity contribution is 0.305. The van der Waals surface area contributed by atoms with Crippen LogP contribution in [0.1, 0.15) is 23.8 Å². The number of fused-ring (bicyclic) bond motifs is 1. The second kappa shape index (κ2) is 14.7. The van der Waals surface area contributed by atoms with Crippen molar-refractivity contribution in [1.29, 1.82) is 0 Å². The summed E-state index contributed by atoms with van der Waals surface area (Å²) >= 11 is 6.89. The molecule has 2 heterocycles. The van der Waals surface area contributed by atoms with E-state index in [0.717, 1.165) is 39.1 Å². The van der Waals surface area contributed by atoms with E-state index in [4.69, 9.17) is 20.8 Å². The Kier molecular flexibility index (Phi) is 10.2. The van der Waals surface area contributed by atoms with Crippen LogP contribution in [0.4, 0.5) is 21.5 Å². The number of hydrogen-bond donors (Lipinski definition) is 0. The highest BCUT2D eigenvalue weighted by molar-refractivity contribution is 7.90. The zero-order valence-electron chi connectivity index (χ0n) is 27.4. The standard InChI is InChI=1S/C38H36ClFN4O4S/c1-4-31-34(16-18-37(38(31)39)47-25-26-9-8-10-28(40)21-26)43(2)35-23-41-42-33-15-13-27(22-32(33)35)36-17-14-30(48-36)24-44(19-20-49(3,45)46)29-11-6-5-7-12-29/h5-18,21-23H,4,19-20,24-25H2,1-3H3. The third kappa shape index (κ3) is 8.04. The first-order valence-electron chi connectivity index (χ1n) is 15.8. The van der Waals surface area contributed by atoms with E-state index >= 15 is 0 Å². The predicted octanol–water partition coefficient (Wildman–Crippen LogP) is 8.64. The molecular formula is C38H36ClFN4O4S. The largest absolute Gasteiger partial charge is 0.487 e. The van der Waals surface area contributed by atoms with Crippen LogP contribution >= 0.6 is 11.6 Å². The van der Waals surface area contributed by atoms with Gasteiger partial charge in [-0.3, -0.25) is 0 Å². The maximum Gasteiger partial charge on any atom is 0.149 e. The van der Waals surface area contributed by atoms with E-state index in [1.807, 2.05) is 96.6 Å². The molecule has 0 aliphatic heterocycles. The number of nitrogens with zero attached hydrogens (tertiary/aromatic N) is 4. The smallest absolute Gasteiger partial charge is 0.149 e. The van der Waals surface area contributed by atoms with Crippen molar-refractivity contribution >= 4 is 49.4 Å². The first kappa shape index (κ1) is 34.0. The maximum absolute atomic E-state index is 13.7. The molecule has 0 N–H and O–H groups in total. The highest BCUT2D eigenvalue weighted by Crippen LogP contribution is 2.40. The molecule has 0 saturated heterocycles. The Balaban J connectivity index is 1.27. The zero-order chi connectivity index (χ0) is 34.5. The number of aromatic nitrogens is 2. The maximum atomic E-state index is 13.7. The van der Waals surface area contributed by atoms with Crippen LogP contribution in [0.25, 0.3) is 22.2 Å². The van der Waals surface area contributed by atoms with Crippen molar-refractivity contribution in [2.75, 3.05) is 35.4 Å². The van der Waals surface area contributed by atoms with Crippen LogP contribution in [0, 0.1) is 5.82 Å². The van der Waals surface area contributed by atoms with Gasteiger partial charge in [-0.2, -0.15) is 10.2 Å². The van der Waals surface area contributed by atoms with Crippen molar-refractivity contribution in [3.63, 3.8) is 0 Å². The summed E-state index contributed by atoms with van der Waals surface area (Å²) < 4.78 is 49.9. The summed E-state index contributed by atoms with van der Waals surface area (Å²) in [5.41, 5.74) is 5.82. The van der Waals surface area contributed by atoms with Gasteiger partial charge in [-0.25, -0.2) is 12.8 Å². The second-order valence-electron chi connectivity index (χ2n) is 11.8. The van der Waals surface area contributed by atoms with Crippen LogP contribution in [0.3, 0.4) is 0 Å². The van der Waals surface area contributed by atoms with E-state index in [1.54, 1.807) is 18.3 Å². The summed E-state index contributed by atoms with van der Waals surface area (Å²) in [6, 6.07) is 29.5. The molecule has 8 nitrogen and oxygen atoms in total. The first-order valence-corrected chi connectivity index (χ1v) is 18.3. The molecule has 0 aliphatic carbocycles. The number of rotatable bonds is 13. The minimum Gasteiger partial charge on any atom is -0.487 e. The van der Waals surface area contributed by atoms with Gasteiger partial charge in [-0.15, -0.1) is 0 Å². The van der Waals surface area contributed by atoms with E-state index in [-0.39, 0.29) is 18.2 Å². The van der Waals surface area contributed by atoms with Crippen LogP contribution in [-0.2, 0) is 29.4 Å². The molecule has 49 heavy (non-hydrogen) atoms. The van der Waals surface area contributed by atoms with E-state index in [9.17, 15) is 12.8 Å². The summed E-state index contributed by atoms with van der Waals surface area (Å²) in [6.07, 6.45) is 3.62. The SMILES string of the molecule is CCc1c(N(C)c2cnnc3ccc(-c4ccc(CN(CCS(C)(=O)=O)c5ccccc5)o4)cc23)ccc(OCc2cccc(F)c2)c1Cl. The highest BCUT2D eigenvalue weighted by atomic mass is 35.5. The van der Waals surface area contributed by atoms with Gasteiger partial charge in [0.15, 0.2) is 0 Å². The normalized spacial score (nSPS) is 11.5. The summed E-state index contributed by atoms with van der Waals surface area (Å²) in [4.78, 5) is 4.04. The minimum absolute atomic E-state index is 0.0348. The third-order valence-electron chi connectivity index (χ3n) is 8.31. The Morgan fingerprint density at radius 2 is 1.76 bits per heavy atom. The van der Waals surface area contributed by atoms with E-state index in [2.05, 4.69) is 10.2 Å². The Labute approximate surface area is 290 Å². The van der Waals surface area contributed by atoms with E-state index in [1.165, 1.54) is 18.4 Å². The van der Waals surface area contributed by atoms with Gasteiger partial charge >= 0.3 is 0 Å². The summed E-state index contributed by atoms with van der Waals surface area (Å²) in [6.45, 7) is 2.98. The quantitative estimate of drug-likeness (QED) is 0.118. The van der Waals surface area contributed by atoms with Crippen molar-refractivity contribution < 1.29 is 22.0 Å². The van der Waals surface area contributed by atoms with Crippen LogP contribution in [-0.4, -0.2) is 44.2 Å². The molecule has 11 heteroatoms. The predicted molar refractivity (Wildman–Crippen MR) is 194 cm³/mol. The van der Waals surface area contributed by atoms with Gasteiger partial charge < -0.3 is 19.0 Å². The van der Waals surface area contributed by atoms with E-state index < -0.39 is 9.84 Å². The molecule has 252 valence electrons. The van der Waals surface area contributed by atoms with Crippen molar-refractivity contribution in [2.24, 2.45) is 0 Å². The molecule has 0 amide bonds. The number of halogens is 2. The highest BCUT2D eigenvalue weighted by Gasteiger charge is 2.19. The van der Waals surface area contributed by atoms with Crippen LogP contribution in [0.2, 0.25) is 5.02 Å². The average molecular weight is 699 g/mol. The number of anilines is 3. The van der Waals surface area contributed by atoms with Gasteiger partial charge in [-0.1, -0.05) is 48.9 Å². The number of sulfone groups is 1. The number of benzene rings is 4. The summed E-state index contributed by atoms with van der Waals surface area (Å²) in [7, 11) is -1.19. The lowest BCUT2D eigenvalue weighted by Gasteiger charge is -2.25. The Morgan fingerprint density at radius 1 is 0.939 bits per heavy atom. The molecule has 6 aromatic rings. The van der Waals surface area contributed by atoms with Gasteiger partial charge in [-0.05, 0) is 84.3 Å². The topological polar surface area (TPSA) is 88.8 Å². The van der Waals surface area contributed by atoms with Gasteiger partial charge in [0.05, 0.1) is 34.7 Å². The number of para-hydroxylation sites is 1. The van der Waals surface area contributed by atoms with E-state index in [0.29, 0.717) is 47.4 Å². The molecule has 0 spiro atoms. The molecule has 6 rings (SSSR count). The molecule has 0 fully saturated rings. The van der Waals surface area contributed by atoms with Gasteiger partial charge in [0.1, 0.15) is 39.5 Å². The number of ether oxygens (including phenoxy) is 1. The zero-order valence-corrected chi connectivity index (χ0v) is 29.0. The molecular weight excluding hydrogens is 663 g/mol. The Bertz CT molecular complexity index is 2190. The fourth-order valence-electron chi connectivity index (χ4n) is 5.75. The molecule has 0 unspecified atom stereocenters. The van der Waals surface area contributed by atoms with Crippen molar-refractivity contribution in [3.05, 3.63) is 131 Å². The first-order chi connectivity index (χ1) is 23.6. The number of hydrogen-bond acceptors (Lipinski definition) is 8. The second-order valence-corrected chi connectivity index (χ2v) is 14.5. The molecule has 2 aromatic heterocycles. The van der Waals surface area contributed by atoms with Gasteiger partial charge in [0, 0.05) is 42.2 Å². The average Bonchev–Trinajstić information content (AvgIpc) is 3.57. The molecule has 4 aromatic carbocycles.